The van der Waals surface area contributed by atoms with Crippen LogP contribution in [0.2, 0.25) is 0 Å². The minimum absolute atomic E-state index is 0.349. The lowest BCUT2D eigenvalue weighted by Gasteiger charge is -2.20. The number of nitrogens with two attached hydrogens (primary N) is 1. The van der Waals surface area contributed by atoms with E-state index in [0.29, 0.717) is 6.54 Å². The number of hydrogen-bond donors (Lipinski definition) is 2. The number of carboxylic acid groups (broad SMARTS) is 1. The van der Waals surface area contributed by atoms with Crippen LogP contribution in [0.15, 0.2) is 30.3 Å². The monoisotopic (exact) mass is 236 g/mol. The number of nitrogens with zero attached hydrogens (tertiary/aromatic N) is 1. The summed E-state index contributed by atoms with van der Waals surface area (Å²) in [6.07, 6.45) is -0.349. The van der Waals surface area contributed by atoms with Crippen molar-refractivity contribution in [2.45, 2.75) is 19.0 Å². The van der Waals surface area contributed by atoms with E-state index < -0.39 is 12.0 Å². The Morgan fingerprint density at radius 1 is 1.35 bits per heavy atom. The molecule has 0 aliphatic carbocycles. The first-order valence-electron chi connectivity index (χ1n) is 5.27. The number of carbonyl (C=O) groups is 2. The molecule has 3 N–H and O–H groups in total. The summed E-state index contributed by atoms with van der Waals surface area (Å²) in [6.45, 7) is 0.424. The van der Waals surface area contributed by atoms with Crippen LogP contribution < -0.4 is 5.73 Å². The van der Waals surface area contributed by atoms with Gasteiger partial charge in [0.25, 0.3) is 0 Å². The Labute approximate surface area is 99.8 Å². The Bertz CT molecular complexity index is 392. The van der Waals surface area contributed by atoms with Gasteiger partial charge in [0, 0.05) is 13.6 Å². The number of aliphatic carboxylic acids is 1. The van der Waals surface area contributed by atoms with Gasteiger partial charge in [-0.3, -0.25) is 9.59 Å². The zero-order chi connectivity index (χ0) is 12.8. The van der Waals surface area contributed by atoms with E-state index in [-0.39, 0.29) is 12.3 Å². The lowest BCUT2D eigenvalue weighted by molar-refractivity contribution is -0.141. The second kappa shape index (κ2) is 6.00. The summed E-state index contributed by atoms with van der Waals surface area (Å²) < 4.78 is 0. The highest BCUT2D eigenvalue weighted by molar-refractivity contribution is 5.85. The molecule has 5 heteroatoms. The molecule has 1 amide bonds. The average molecular weight is 236 g/mol. The summed E-state index contributed by atoms with van der Waals surface area (Å²) >= 11 is 0. The molecule has 0 aliphatic heterocycles. The van der Waals surface area contributed by atoms with Crippen LogP contribution >= 0.6 is 0 Å². The molecule has 0 saturated heterocycles. The number of carbonyl (C=O) groups excluding carboxylic acids is 1. The number of hydrogen-bond acceptors (Lipinski definition) is 3. The van der Waals surface area contributed by atoms with E-state index in [2.05, 4.69) is 0 Å². The number of rotatable bonds is 5. The summed E-state index contributed by atoms with van der Waals surface area (Å²) in [5.74, 6) is -1.43. The van der Waals surface area contributed by atoms with Gasteiger partial charge in [0.1, 0.15) is 0 Å². The topological polar surface area (TPSA) is 83.6 Å². The molecule has 0 aromatic heterocycles. The van der Waals surface area contributed by atoms with E-state index in [4.69, 9.17) is 10.8 Å². The van der Waals surface area contributed by atoms with Crippen molar-refractivity contribution in [2.75, 3.05) is 7.05 Å². The maximum Gasteiger partial charge on any atom is 0.305 e. The Kier molecular flexibility index (Phi) is 4.66. The summed E-state index contributed by atoms with van der Waals surface area (Å²) in [5, 5.41) is 8.55. The minimum Gasteiger partial charge on any atom is -0.481 e. The smallest absolute Gasteiger partial charge is 0.305 e. The van der Waals surface area contributed by atoms with Gasteiger partial charge in [-0.05, 0) is 5.56 Å². The molecule has 0 radical (unpaired) electrons. The predicted octanol–water partition coefficient (Wildman–Crippen LogP) is 0.447. The van der Waals surface area contributed by atoms with Crippen molar-refractivity contribution in [1.29, 1.82) is 0 Å². The highest BCUT2D eigenvalue weighted by atomic mass is 16.4. The van der Waals surface area contributed by atoms with Crippen LogP contribution in [0.5, 0.6) is 0 Å². The lowest BCUT2D eigenvalue weighted by Crippen LogP contribution is -2.42. The molecular formula is C12H16N2O3. The van der Waals surface area contributed by atoms with Gasteiger partial charge in [0.15, 0.2) is 0 Å². The van der Waals surface area contributed by atoms with Crippen molar-refractivity contribution < 1.29 is 14.7 Å². The Hall–Kier alpha value is -1.88. The van der Waals surface area contributed by atoms with Gasteiger partial charge in [0.05, 0.1) is 12.5 Å². The molecule has 1 atom stereocenters. The van der Waals surface area contributed by atoms with Crippen molar-refractivity contribution in [2.24, 2.45) is 5.73 Å². The van der Waals surface area contributed by atoms with E-state index in [0.717, 1.165) is 5.56 Å². The molecule has 0 saturated carbocycles. The third-order valence-electron chi connectivity index (χ3n) is 2.35. The van der Waals surface area contributed by atoms with E-state index in [1.165, 1.54) is 4.90 Å². The number of benzene rings is 1. The van der Waals surface area contributed by atoms with E-state index in [1.54, 1.807) is 7.05 Å². The third kappa shape index (κ3) is 4.24. The standard InChI is InChI=1S/C12H16N2O3/c1-14(8-9-5-3-2-4-6-9)12(17)10(13)7-11(15)16/h2-6,10H,7-8,13H2,1H3,(H,15,16). The summed E-state index contributed by atoms with van der Waals surface area (Å²) in [4.78, 5) is 23.6. The van der Waals surface area contributed by atoms with Crippen LogP contribution in [-0.4, -0.2) is 35.0 Å². The van der Waals surface area contributed by atoms with Gasteiger partial charge in [-0.2, -0.15) is 0 Å². The van der Waals surface area contributed by atoms with Crippen molar-refractivity contribution >= 4 is 11.9 Å². The molecular weight excluding hydrogens is 220 g/mol. The fourth-order valence-electron chi connectivity index (χ4n) is 1.49. The summed E-state index contributed by atoms with van der Waals surface area (Å²) in [6, 6.07) is 8.46. The highest BCUT2D eigenvalue weighted by Gasteiger charge is 2.20. The third-order valence-corrected chi connectivity index (χ3v) is 2.35. The maximum absolute atomic E-state index is 11.7. The van der Waals surface area contributed by atoms with E-state index >= 15 is 0 Å². The first-order chi connectivity index (χ1) is 8.00. The second-order valence-electron chi connectivity index (χ2n) is 3.88. The van der Waals surface area contributed by atoms with Crippen molar-refractivity contribution in [3.63, 3.8) is 0 Å². The molecule has 0 heterocycles. The Balaban J connectivity index is 2.55. The first kappa shape index (κ1) is 13.2. The molecule has 0 spiro atoms. The molecule has 1 rings (SSSR count). The van der Waals surface area contributed by atoms with Crippen molar-refractivity contribution in [1.82, 2.24) is 4.90 Å². The van der Waals surface area contributed by atoms with Crippen LogP contribution in [0.25, 0.3) is 0 Å². The summed E-state index contributed by atoms with van der Waals surface area (Å²) in [7, 11) is 1.61. The van der Waals surface area contributed by atoms with Crippen molar-refractivity contribution in [3.05, 3.63) is 35.9 Å². The van der Waals surface area contributed by atoms with Gasteiger partial charge in [-0.25, -0.2) is 0 Å². The molecule has 1 aromatic carbocycles. The van der Waals surface area contributed by atoms with Gasteiger partial charge >= 0.3 is 5.97 Å². The van der Waals surface area contributed by atoms with Crippen LogP contribution in [0.1, 0.15) is 12.0 Å². The maximum atomic E-state index is 11.7. The van der Waals surface area contributed by atoms with Gasteiger partial charge in [0.2, 0.25) is 5.91 Å². The second-order valence-corrected chi connectivity index (χ2v) is 3.88. The molecule has 0 fully saturated rings. The largest absolute Gasteiger partial charge is 0.481 e. The molecule has 5 nitrogen and oxygen atoms in total. The number of amides is 1. The fourth-order valence-corrected chi connectivity index (χ4v) is 1.49. The van der Waals surface area contributed by atoms with Gasteiger partial charge in [-0.15, -0.1) is 0 Å². The summed E-state index contributed by atoms with van der Waals surface area (Å²) in [5.41, 5.74) is 6.48. The van der Waals surface area contributed by atoms with Crippen molar-refractivity contribution in [3.8, 4) is 0 Å². The van der Waals surface area contributed by atoms with E-state index in [1.807, 2.05) is 30.3 Å². The van der Waals surface area contributed by atoms with Gasteiger partial charge in [-0.1, -0.05) is 30.3 Å². The normalized spacial score (nSPS) is 11.9. The number of likely N-dealkylation sites (N-methyl/N-ethyl adjacent to an activating group) is 1. The highest BCUT2D eigenvalue weighted by Crippen LogP contribution is 2.04. The number of carboxylic acids is 1. The lowest BCUT2D eigenvalue weighted by atomic mass is 10.1. The van der Waals surface area contributed by atoms with Gasteiger partial charge < -0.3 is 15.7 Å². The molecule has 0 bridgehead atoms. The average Bonchev–Trinajstić information content (AvgIpc) is 2.28. The quantitative estimate of drug-likeness (QED) is 0.777. The zero-order valence-corrected chi connectivity index (χ0v) is 9.67. The SMILES string of the molecule is CN(Cc1ccccc1)C(=O)C(N)CC(=O)O. The Morgan fingerprint density at radius 3 is 2.47 bits per heavy atom. The first-order valence-corrected chi connectivity index (χ1v) is 5.27. The van der Waals surface area contributed by atoms with Crippen LogP contribution in [0.4, 0.5) is 0 Å². The van der Waals surface area contributed by atoms with Crippen LogP contribution in [0, 0.1) is 0 Å². The molecule has 1 aromatic rings. The predicted molar refractivity (Wildman–Crippen MR) is 63.1 cm³/mol. The van der Waals surface area contributed by atoms with Crippen LogP contribution in [-0.2, 0) is 16.1 Å². The van der Waals surface area contributed by atoms with Crippen LogP contribution in [0.3, 0.4) is 0 Å². The Morgan fingerprint density at radius 2 is 1.94 bits per heavy atom. The molecule has 17 heavy (non-hydrogen) atoms. The molecule has 1 unspecified atom stereocenters. The minimum atomic E-state index is -1.07. The zero-order valence-electron chi connectivity index (χ0n) is 9.67. The van der Waals surface area contributed by atoms with E-state index in [9.17, 15) is 9.59 Å². The molecule has 0 aliphatic rings. The fraction of sp³-hybridized carbons (Fsp3) is 0.333. The molecule has 92 valence electrons.